The van der Waals surface area contributed by atoms with Crippen molar-refractivity contribution in [2.24, 2.45) is 0 Å². The second-order valence-electron chi connectivity index (χ2n) is 7.59. The van der Waals surface area contributed by atoms with Gasteiger partial charge >= 0.3 is 6.09 Å². The van der Waals surface area contributed by atoms with Crippen LogP contribution in [0.2, 0.25) is 0 Å². The van der Waals surface area contributed by atoms with E-state index in [0.29, 0.717) is 37.8 Å². The number of nitrogens with zero attached hydrogens (tertiary/aromatic N) is 6. The fraction of sp³-hybridized carbons (Fsp3) is 0.450. The van der Waals surface area contributed by atoms with Gasteiger partial charge in [0.2, 0.25) is 11.9 Å². The van der Waals surface area contributed by atoms with Gasteiger partial charge < -0.3 is 19.9 Å². The number of piperazine rings is 1. The van der Waals surface area contributed by atoms with Gasteiger partial charge in [-0.05, 0) is 12.5 Å². The van der Waals surface area contributed by atoms with Crippen molar-refractivity contribution in [3.8, 4) is 0 Å². The molecular formula is C20H24FN7O3. The van der Waals surface area contributed by atoms with E-state index in [1.54, 1.807) is 12.4 Å². The molecule has 164 valence electrons. The van der Waals surface area contributed by atoms with Crippen LogP contribution in [0, 0.1) is 12.7 Å². The van der Waals surface area contributed by atoms with Crippen LogP contribution in [0.25, 0.3) is 0 Å². The van der Waals surface area contributed by atoms with Crippen molar-refractivity contribution in [3.63, 3.8) is 0 Å². The van der Waals surface area contributed by atoms with Crippen molar-refractivity contribution in [2.45, 2.75) is 20.0 Å². The molecule has 4 rings (SSSR count). The van der Waals surface area contributed by atoms with Crippen molar-refractivity contribution < 1.29 is 18.7 Å². The molecule has 0 saturated carbocycles. The van der Waals surface area contributed by atoms with E-state index in [-0.39, 0.29) is 24.8 Å². The van der Waals surface area contributed by atoms with Gasteiger partial charge in [0, 0.05) is 51.6 Å². The number of ether oxygens (including phenoxy) is 1. The summed E-state index contributed by atoms with van der Waals surface area (Å²) in [5.41, 5.74) is 1.32. The third kappa shape index (κ3) is 4.65. The summed E-state index contributed by atoms with van der Waals surface area (Å²) >= 11 is 0. The molecule has 1 atom stereocenters. The SMILES string of the molecule is CC(=O)NC[C@H]1CN(c2cnc(N3CCN(c4ncc(C)cn4)CC3)c(F)c2)C(=O)O1. The second kappa shape index (κ2) is 8.70. The number of carbonyl (C=O) groups excluding carboxylic acids is 2. The lowest BCUT2D eigenvalue weighted by molar-refractivity contribution is -0.119. The molecule has 31 heavy (non-hydrogen) atoms. The summed E-state index contributed by atoms with van der Waals surface area (Å²) in [5.74, 6) is 0.197. The topological polar surface area (TPSA) is 104 Å². The molecular weight excluding hydrogens is 405 g/mol. The Balaban J connectivity index is 1.38. The van der Waals surface area contributed by atoms with Crippen LogP contribution < -0.4 is 20.0 Å². The molecule has 0 bridgehead atoms. The fourth-order valence-electron chi connectivity index (χ4n) is 3.56. The summed E-state index contributed by atoms with van der Waals surface area (Å²) in [6, 6.07) is 1.29. The fourth-order valence-corrected chi connectivity index (χ4v) is 3.56. The Morgan fingerprint density at radius 2 is 1.84 bits per heavy atom. The Bertz CT molecular complexity index is 964. The number of hydrogen-bond donors (Lipinski definition) is 1. The van der Waals surface area contributed by atoms with Gasteiger partial charge in [0.25, 0.3) is 0 Å². The second-order valence-corrected chi connectivity index (χ2v) is 7.59. The van der Waals surface area contributed by atoms with Crippen LogP contribution in [0.15, 0.2) is 24.7 Å². The van der Waals surface area contributed by atoms with E-state index in [1.807, 2.05) is 11.8 Å². The molecule has 2 aliphatic heterocycles. The molecule has 2 saturated heterocycles. The number of aromatic nitrogens is 3. The molecule has 11 heteroatoms. The van der Waals surface area contributed by atoms with Gasteiger partial charge in [-0.25, -0.2) is 24.1 Å². The number of cyclic esters (lactones) is 1. The molecule has 1 N–H and O–H groups in total. The number of halogens is 1. The van der Waals surface area contributed by atoms with Gasteiger partial charge in [0.05, 0.1) is 25.0 Å². The van der Waals surface area contributed by atoms with Gasteiger partial charge in [-0.15, -0.1) is 0 Å². The summed E-state index contributed by atoms with van der Waals surface area (Å²) in [6.45, 7) is 6.20. The first-order valence-corrected chi connectivity index (χ1v) is 10.1. The number of anilines is 3. The summed E-state index contributed by atoms with van der Waals surface area (Å²) in [6.07, 6.45) is 3.94. The number of hydrogen-bond acceptors (Lipinski definition) is 8. The highest BCUT2D eigenvalue weighted by atomic mass is 19.1. The predicted molar refractivity (Wildman–Crippen MR) is 112 cm³/mol. The maximum atomic E-state index is 14.9. The minimum atomic E-state index is -0.587. The number of nitrogens with one attached hydrogen (secondary N) is 1. The number of carbonyl (C=O) groups is 2. The smallest absolute Gasteiger partial charge is 0.414 e. The molecule has 0 aliphatic carbocycles. The standard InChI is InChI=1S/C20H24FN7O3/c1-13-8-24-19(25-9-13)27-5-3-26(4-6-27)18-17(21)7-15(10-23-18)28-12-16(31-20(28)30)11-22-14(2)29/h7-10,16H,3-6,11-12H2,1-2H3,(H,22,29)/t16-/m0/s1. The van der Waals surface area contributed by atoms with Crippen molar-refractivity contribution in [1.82, 2.24) is 20.3 Å². The van der Waals surface area contributed by atoms with Crippen LogP contribution >= 0.6 is 0 Å². The molecule has 2 aliphatic rings. The highest BCUT2D eigenvalue weighted by Gasteiger charge is 2.33. The molecule has 2 aromatic rings. The lowest BCUT2D eigenvalue weighted by Crippen LogP contribution is -2.47. The number of rotatable bonds is 5. The molecule has 2 fully saturated rings. The monoisotopic (exact) mass is 429 g/mol. The Morgan fingerprint density at radius 1 is 1.16 bits per heavy atom. The van der Waals surface area contributed by atoms with Crippen LogP contribution in [0.1, 0.15) is 12.5 Å². The van der Waals surface area contributed by atoms with Crippen LogP contribution in [0.4, 0.5) is 26.6 Å². The third-order valence-corrected chi connectivity index (χ3v) is 5.20. The van der Waals surface area contributed by atoms with Crippen molar-refractivity contribution in [2.75, 3.05) is 54.0 Å². The first-order valence-electron chi connectivity index (χ1n) is 10.1. The van der Waals surface area contributed by atoms with E-state index in [0.717, 1.165) is 5.56 Å². The number of pyridine rings is 1. The average Bonchev–Trinajstić information content (AvgIpc) is 3.13. The first-order chi connectivity index (χ1) is 14.9. The zero-order valence-corrected chi connectivity index (χ0v) is 17.4. The number of aryl methyl sites for hydroxylation is 1. The first kappa shape index (κ1) is 20.8. The third-order valence-electron chi connectivity index (χ3n) is 5.20. The van der Waals surface area contributed by atoms with Crippen LogP contribution in [-0.4, -0.2) is 72.3 Å². The lowest BCUT2D eigenvalue weighted by Gasteiger charge is -2.35. The maximum Gasteiger partial charge on any atom is 0.414 e. The van der Waals surface area contributed by atoms with Gasteiger partial charge in [0.1, 0.15) is 6.10 Å². The van der Waals surface area contributed by atoms with Crippen LogP contribution in [0.5, 0.6) is 0 Å². The van der Waals surface area contributed by atoms with Gasteiger partial charge in [0.15, 0.2) is 11.6 Å². The minimum Gasteiger partial charge on any atom is -0.442 e. The van der Waals surface area contributed by atoms with E-state index in [1.165, 1.54) is 24.1 Å². The largest absolute Gasteiger partial charge is 0.442 e. The molecule has 2 aromatic heterocycles. The average molecular weight is 429 g/mol. The van der Waals surface area contributed by atoms with Gasteiger partial charge in [-0.3, -0.25) is 9.69 Å². The zero-order chi connectivity index (χ0) is 22.0. The summed E-state index contributed by atoms with van der Waals surface area (Å²) in [4.78, 5) is 41.4. The Labute approximate surface area is 179 Å². The molecule has 2 amide bonds. The van der Waals surface area contributed by atoms with Gasteiger partial charge in [-0.2, -0.15) is 0 Å². The zero-order valence-electron chi connectivity index (χ0n) is 17.4. The molecule has 4 heterocycles. The summed E-state index contributed by atoms with van der Waals surface area (Å²) in [5, 5.41) is 2.61. The van der Waals surface area contributed by atoms with E-state index in [2.05, 4.69) is 25.2 Å². The van der Waals surface area contributed by atoms with E-state index in [4.69, 9.17) is 4.74 Å². The molecule has 0 radical (unpaired) electrons. The quantitative estimate of drug-likeness (QED) is 0.754. The Hall–Kier alpha value is -3.50. The summed E-state index contributed by atoms with van der Waals surface area (Å²) in [7, 11) is 0. The van der Waals surface area contributed by atoms with E-state index >= 15 is 0 Å². The molecule has 10 nitrogen and oxygen atoms in total. The van der Waals surface area contributed by atoms with Crippen molar-refractivity contribution in [3.05, 3.63) is 36.0 Å². The van der Waals surface area contributed by atoms with E-state index in [9.17, 15) is 14.0 Å². The predicted octanol–water partition coefficient (Wildman–Crippen LogP) is 1.11. The highest BCUT2D eigenvalue weighted by molar-refractivity contribution is 5.89. The highest BCUT2D eigenvalue weighted by Crippen LogP contribution is 2.26. The Morgan fingerprint density at radius 3 is 2.48 bits per heavy atom. The van der Waals surface area contributed by atoms with Gasteiger partial charge in [-0.1, -0.05) is 0 Å². The maximum absolute atomic E-state index is 14.9. The van der Waals surface area contributed by atoms with Crippen molar-refractivity contribution >= 4 is 29.5 Å². The normalized spacial score (nSPS) is 18.9. The Kier molecular flexibility index (Phi) is 5.83. The van der Waals surface area contributed by atoms with E-state index < -0.39 is 18.0 Å². The molecule has 0 unspecified atom stereocenters. The summed E-state index contributed by atoms with van der Waals surface area (Å²) < 4.78 is 20.1. The van der Waals surface area contributed by atoms with Crippen LogP contribution in [-0.2, 0) is 9.53 Å². The molecule has 0 spiro atoms. The number of amides is 2. The molecule has 0 aromatic carbocycles. The van der Waals surface area contributed by atoms with Crippen LogP contribution in [0.3, 0.4) is 0 Å². The minimum absolute atomic E-state index is 0.208. The van der Waals surface area contributed by atoms with Crippen molar-refractivity contribution in [1.29, 1.82) is 0 Å². The lowest BCUT2D eigenvalue weighted by atomic mass is 10.2.